The van der Waals surface area contributed by atoms with Gasteiger partial charge in [-0.1, -0.05) is 12.1 Å². The Kier molecular flexibility index (Phi) is 6.64. The minimum atomic E-state index is -0.955. The van der Waals surface area contributed by atoms with Gasteiger partial charge in [0.15, 0.2) is 18.1 Å². The van der Waals surface area contributed by atoms with Crippen LogP contribution < -0.4 is 14.8 Å². The summed E-state index contributed by atoms with van der Waals surface area (Å²) in [5, 5.41) is 3.16. The van der Waals surface area contributed by atoms with Gasteiger partial charge >= 0.3 is 11.9 Å². The van der Waals surface area contributed by atoms with Crippen LogP contribution in [0.5, 0.6) is 11.5 Å². The van der Waals surface area contributed by atoms with Crippen LogP contribution in [0.2, 0.25) is 0 Å². The van der Waals surface area contributed by atoms with E-state index in [2.05, 4.69) is 5.32 Å². The SMILES string of the molecule is CC(C)OC(=O)c1c(NC(=O)COC(=O)C2COc3ccccc3O2)sc2c1CCCC2. The molecule has 2 heterocycles. The highest BCUT2D eigenvalue weighted by molar-refractivity contribution is 7.17. The fraction of sp³-hybridized carbons (Fsp3) is 0.435. The first-order valence-corrected chi connectivity index (χ1v) is 11.4. The van der Waals surface area contributed by atoms with Crippen LogP contribution in [-0.2, 0) is 31.9 Å². The van der Waals surface area contributed by atoms with Crippen LogP contribution in [0.3, 0.4) is 0 Å². The van der Waals surface area contributed by atoms with Gasteiger partial charge in [-0.3, -0.25) is 4.79 Å². The maximum Gasteiger partial charge on any atom is 0.351 e. The Morgan fingerprint density at radius 1 is 1.16 bits per heavy atom. The molecule has 1 N–H and O–H groups in total. The lowest BCUT2D eigenvalue weighted by Crippen LogP contribution is -2.39. The van der Waals surface area contributed by atoms with Crippen LogP contribution >= 0.6 is 11.3 Å². The number of para-hydroxylation sites is 2. The average Bonchev–Trinajstić information content (AvgIpc) is 3.14. The van der Waals surface area contributed by atoms with Crippen molar-refractivity contribution in [3.63, 3.8) is 0 Å². The first-order chi connectivity index (χ1) is 15.4. The van der Waals surface area contributed by atoms with E-state index in [1.807, 2.05) is 0 Å². The zero-order valence-electron chi connectivity index (χ0n) is 18.0. The highest BCUT2D eigenvalue weighted by Gasteiger charge is 2.30. The van der Waals surface area contributed by atoms with Gasteiger partial charge in [-0.05, 0) is 57.2 Å². The van der Waals surface area contributed by atoms with Crippen LogP contribution in [0.25, 0.3) is 0 Å². The van der Waals surface area contributed by atoms with Crippen LogP contribution in [0.4, 0.5) is 5.00 Å². The Hall–Kier alpha value is -3.07. The van der Waals surface area contributed by atoms with Gasteiger partial charge in [-0.25, -0.2) is 9.59 Å². The van der Waals surface area contributed by atoms with E-state index in [9.17, 15) is 14.4 Å². The van der Waals surface area contributed by atoms with E-state index in [0.717, 1.165) is 36.1 Å². The number of rotatable bonds is 6. The van der Waals surface area contributed by atoms with Crippen molar-refractivity contribution in [1.29, 1.82) is 0 Å². The highest BCUT2D eigenvalue weighted by Crippen LogP contribution is 2.38. The lowest BCUT2D eigenvalue weighted by Gasteiger charge is -2.24. The topological polar surface area (TPSA) is 100 Å². The van der Waals surface area contributed by atoms with Gasteiger partial charge in [0, 0.05) is 4.88 Å². The van der Waals surface area contributed by atoms with Crippen molar-refractivity contribution in [1.82, 2.24) is 0 Å². The molecule has 0 fully saturated rings. The largest absolute Gasteiger partial charge is 0.485 e. The first kappa shape index (κ1) is 22.1. The van der Waals surface area contributed by atoms with Gasteiger partial charge in [0.1, 0.15) is 11.6 Å². The predicted molar refractivity (Wildman–Crippen MR) is 117 cm³/mol. The molecule has 2 aliphatic rings. The summed E-state index contributed by atoms with van der Waals surface area (Å²) in [5.41, 5.74) is 1.37. The molecule has 170 valence electrons. The van der Waals surface area contributed by atoms with Gasteiger partial charge in [-0.2, -0.15) is 0 Å². The normalized spacial score (nSPS) is 16.8. The third kappa shape index (κ3) is 4.88. The zero-order valence-corrected chi connectivity index (χ0v) is 18.8. The first-order valence-electron chi connectivity index (χ1n) is 10.6. The Labute approximate surface area is 189 Å². The Morgan fingerprint density at radius 3 is 2.69 bits per heavy atom. The predicted octanol–water partition coefficient (Wildman–Crippen LogP) is 3.51. The number of aryl methyl sites for hydroxylation is 1. The summed E-state index contributed by atoms with van der Waals surface area (Å²) in [6, 6.07) is 7.01. The van der Waals surface area contributed by atoms with Gasteiger partial charge < -0.3 is 24.3 Å². The Bertz CT molecular complexity index is 1030. The molecule has 0 radical (unpaired) electrons. The lowest BCUT2D eigenvalue weighted by atomic mass is 9.95. The van der Waals surface area contributed by atoms with Crippen molar-refractivity contribution < 1.29 is 33.3 Å². The molecule has 1 aliphatic carbocycles. The minimum Gasteiger partial charge on any atom is -0.485 e. The number of thiophene rings is 1. The quantitative estimate of drug-likeness (QED) is 0.660. The second kappa shape index (κ2) is 9.60. The molecule has 0 saturated heterocycles. The standard InChI is InChI=1S/C23H25NO7S/c1-13(2)30-23(27)20-14-7-3-6-10-18(14)32-21(20)24-19(25)12-29-22(26)17-11-28-15-8-4-5-9-16(15)31-17/h4-5,8-9,13,17H,3,6-7,10-12H2,1-2H3,(H,24,25). The number of ether oxygens (including phenoxy) is 4. The van der Waals surface area contributed by atoms with E-state index in [4.69, 9.17) is 18.9 Å². The molecule has 2 aromatic rings. The second-order valence-corrected chi connectivity index (χ2v) is 8.99. The molecule has 32 heavy (non-hydrogen) atoms. The molecule has 0 bridgehead atoms. The number of carbonyl (C=O) groups excluding carboxylic acids is 3. The van der Waals surface area contributed by atoms with Gasteiger partial charge in [0.2, 0.25) is 6.10 Å². The molecule has 9 heteroatoms. The van der Waals surface area contributed by atoms with Crippen molar-refractivity contribution in [2.45, 2.75) is 51.7 Å². The summed E-state index contributed by atoms with van der Waals surface area (Å²) in [5.74, 6) is -0.676. The number of hydrogen-bond donors (Lipinski definition) is 1. The van der Waals surface area contributed by atoms with Crippen LogP contribution in [0, 0.1) is 0 Å². The number of esters is 2. The van der Waals surface area contributed by atoms with Gasteiger partial charge in [-0.15, -0.1) is 11.3 Å². The van der Waals surface area contributed by atoms with E-state index < -0.39 is 30.6 Å². The average molecular weight is 460 g/mol. The van der Waals surface area contributed by atoms with E-state index in [1.165, 1.54) is 11.3 Å². The van der Waals surface area contributed by atoms with Crippen molar-refractivity contribution in [2.24, 2.45) is 0 Å². The minimum absolute atomic E-state index is 0.000299. The van der Waals surface area contributed by atoms with E-state index in [-0.39, 0.29) is 12.7 Å². The van der Waals surface area contributed by atoms with Crippen molar-refractivity contribution in [3.05, 3.63) is 40.3 Å². The maximum absolute atomic E-state index is 12.7. The monoisotopic (exact) mass is 459 g/mol. The number of carbonyl (C=O) groups is 3. The molecule has 1 unspecified atom stereocenters. The fourth-order valence-corrected chi connectivity index (χ4v) is 4.96. The third-order valence-electron chi connectivity index (χ3n) is 5.09. The van der Waals surface area contributed by atoms with Crippen LogP contribution in [-0.4, -0.2) is 43.3 Å². The molecule has 8 nitrogen and oxygen atoms in total. The van der Waals surface area contributed by atoms with Crippen LogP contribution in [0.15, 0.2) is 24.3 Å². The van der Waals surface area contributed by atoms with Crippen LogP contribution in [0.1, 0.15) is 47.5 Å². The van der Waals surface area contributed by atoms with E-state index >= 15 is 0 Å². The number of nitrogens with one attached hydrogen (secondary N) is 1. The number of hydrogen-bond acceptors (Lipinski definition) is 8. The fourth-order valence-electron chi connectivity index (χ4n) is 3.67. The van der Waals surface area contributed by atoms with E-state index in [1.54, 1.807) is 38.1 Å². The molecule has 0 saturated carbocycles. The molecule has 0 spiro atoms. The summed E-state index contributed by atoms with van der Waals surface area (Å²) in [6.07, 6.45) is 2.46. The lowest BCUT2D eigenvalue weighted by molar-refractivity contribution is -0.156. The van der Waals surface area contributed by atoms with Gasteiger partial charge in [0.25, 0.3) is 5.91 Å². The summed E-state index contributed by atoms with van der Waals surface area (Å²) in [7, 11) is 0. The number of anilines is 1. The molecule has 1 aliphatic heterocycles. The highest BCUT2D eigenvalue weighted by atomic mass is 32.1. The summed E-state index contributed by atoms with van der Waals surface area (Å²) >= 11 is 1.38. The molecular formula is C23H25NO7S. The number of fused-ring (bicyclic) bond motifs is 2. The molecule has 1 aromatic heterocycles. The molecule has 1 amide bonds. The Balaban J connectivity index is 1.38. The number of amides is 1. The third-order valence-corrected chi connectivity index (χ3v) is 6.30. The van der Waals surface area contributed by atoms with Gasteiger partial charge in [0.05, 0.1) is 11.7 Å². The van der Waals surface area contributed by atoms with Crippen molar-refractivity contribution >= 4 is 34.2 Å². The number of benzene rings is 1. The van der Waals surface area contributed by atoms with Crippen molar-refractivity contribution in [3.8, 4) is 11.5 Å². The smallest absolute Gasteiger partial charge is 0.351 e. The summed E-state index contributed by atoms with van der Waals surface area (Å²) in [4.78, 5) is 38.6. The zero-order chi connectivity index (χ0) is 22.7. The molecule has 1 atom stereocenters. The second-order valence-electron chi connectivity index (χ2n) is 7.89. The molecule has 1 aromatic carbocycles. The summed E-state index contributed by atoms with van der Waals surface area (Å²) in [6.45, 7) is 3.07. The molecular weight excluding hydrogens is 434 g/mol. The Morgan fingerprint density at radius 2 is 1.91 bits per heavy atom. The molecule has 4 rings (SSSR count). The van der Waals surface area contributed by atoms with E-state index in [0.29, 0.717) is 22.1 Å². The summed E-state index contributed by atoms with van der Waals surface area (Å²) < 4.78 is 21.6. The van der Waals surface area contributed by atoms with Crippen molar-refractivity contribution in [2.75, 3.05) is 18.5 Å². The maximum atomic E-state index is 12.7.